The van der Waals surface area contributed by atoms with Gasteiger partial charge < -0.3 is 20.1 Å². The molecule has 1 rings (SSSR count). The van der Waals surface area contributed by atoms with E-state index in [2.05, 4.69) is 9.72 Å². The Balaban J connectivity index is 2.70. The van der Waals surface area contributed by atoms with Gasteiger partial charge in [0.05, 0.1) is 7.05 Å². The Morgan fingerprint density at radius 3 is 2.78 bits per heavy atom. The molecule has 18 heavy (non-hydrogen) atoms. The fraction of sp³-hybridized carbons (Fsp3) is 0.444. The van der Waals surface area contributed by atoms with Gasteiger partial charge >= 0.3 is 11.8 Å². The summed E-state index contributed by atoms with van der Waals surface area (Å²) < 4.78 is 6.26. The molecule has 0 spiro atoms. The van der Waals surface area contributed by atoms with E-state index in [-0.39, 0.29) is 24.8 Å². The number of hydrogen-bond acceptors (Lipinski definition) is 6. The highest BCUT2D eigenvalue weighted by Gasteiger charge is 2.17. The molecule has 0 unspecified atom stereocenters. The van der Waals surface area contributed by atoms with Gasteiger partial charge in [-0.2, -0.15) is 0 Å². The molecule has 1 aromatic rings. The summed E-state index contributed by atoms with van der Waals surface area (Å²) in [7, 11) is 1.43. The third kappa shape index (κ3) is 3.54. The fourth-order valence-corrected chi connectivity index (χ4v) is 1.18. The number of nitrogens with zero attached hydrogens (tertiary/aromatic N) is 4. The van der Waals surface area contributed by atoms with Crippen molar-refractivity contribution in [1.29, 1.82) is 0 Å². The Morgan fingerprint density at radius 1 is 1.61 bits per heavy atom. The zero-order valence-electron chi connectivity index (χ0n) is 9.90. The third-order valence-corrected chi connectivity index (χ3v) is 2.06. The molecule has 0 aromatic carbocycles. The van der Waals surface area contributed by atoms with E-state index < -0.39 is 10.9 Å². The summed E-state index contributed by atoms with van der Waals surface area (Å²) in [6.07, 6.45) is 2.15. The summed E-state index contributed by atoms with van der Waals surface area (Å²) >= 11 is 0. The molecular weight excluding hydrogens is 244 g/mol. The van der Waals surface area contributed by atoms with Crippen molar-refractivity contribution in [2.45, 2.75) is 6.92 Å². The maximum absolute atomic E-state index is 11.4. The van der Waals surface area contributed by atoms with E-state index in [1.165, 1.54) is 18.5 Å². The highest BCUT2D eigenvalue weighted by Crippen LogP contribution is 2.09. The van der Waals surface area contributed by atoms with Gasteiger partial charge in [0.15, 0.2) is 13.2 Å². The van der Waals surface area contributed by atoms with Crippen LogP contribution in [0.1, 0.15) is 12.7 Å². The minimum atomic E-state index is -0.599. The van der Waals surface area contributed by atoms with Crippen LogP contribution in [0.15, 0.2) is 6.20 Å². The van der Waals surface area contributed by atoms with E-state index in [4.69, 9.17) is 0 Å². The second kappa shape index (κ2) is 5.75. The first-order chi connectivity index (χ1) is 8.41. The number of hydrogen-bond donors (Lipinski definition) is 0. The molecule has 0 atom stereocenters. The number of aromatic nitrogens is 2. The molecule has 0 N–H and O–H groups in total. The molecule has 0 aliphatic carbocycles. The maximum Gasteiger partial charge on any atom is 0.343 e. The summed E-state index contributed by atoms with van der Waals surface area (Å²) in [5.41, 5.74) is 0. The molecule has 0 amide bonds. The molecule has 98 valence electrons. The van der Waals surface area contributed by atoms with Gasteiger partial charge in [-0.05, 0) is 4.92 Å². The first-order valence-corrected chi connectivity index (χ1v) is 5.00. The molecule has 9 heteroatoms. The lowest BCUT2D eigenvalue weighted by Gasteiger charge is -2.03. The van der Waals surface area contributed by atoms with Gasteiger partial charge in [-0.1, -0.05) is 0 Å². The number of ether oxygens (including phenoxy) is 1. The van der Waals surface area contributed by atoms with Crippen LogP contribution in [0.5, 0.6) is 0 Å². The fourth-order valence-electron chi connectivity index (χ4n) is 1.18. The maximum atomic E-state index is 11.4. The highest BCUT2D eigenvalue weighted by molar-refractivity contribution is 5.71. The predicted octanol–water partition coefficient (Wildman–Crippen LogP) is -0.179. The predicted molar refractivity (Wildman–Crippen MR) is 60.2 cm³/mol. The normalized spacial score (nSPS) is 11.3. The lowest BCUT2D eigenvalue weighted by molar-refractivity contribution is -0.455. The number of carbonyl (C=O) groups is 1. The smallest absolute Gasteiger partial charge is 0.343 e. The van der Waals surface area contributed by atoms with Crippen molar-refractivity contribution >= 4 is 18.0 Å². The average molecular weight is 256 g/mol. The van der Waals surface area contributed by atoms with Crippen LogP contribution >= 0.6 is 0 Å². The molecule has 1 heterocycles. The van der Waals surface area contributed by atoms with E-state index >= 15 is 0 Å². The van der Waals surface area contributed by atoms with E-state index in [1.54, 1.807) is 0 Å². The van der Waals surface area contributed by atoms with Crippen LogP contribution in [0.4, 0.5) is 5.82 Å². The first kappa shape index (κ1) is 13.6. The number of hydroxylamine groups is 1. The Bertz CT molecular complexity index is 493. The number of esters is 1. The van der Waals surface area contributed by atoms with Crippen LogP contribution in [-0.2, 0) is 16.6 Å². The summed E-state index contributed by atoms with van der Waals surface area (Å²) in [5, 5.41) is 21.9. The zero-order valence-corrected chi connectivity index (χ0v) is 9.90. The molecule has 0 radical (unpaired) electrons. The summed E-state index contributed by atoms with van der Waals surface area (Å²) in [4.78, 5) is 24.2. The standard InChI is InChI=1S/C9H12N4O5/c1-7(14)18-4-3-12(15)6-8-10-5-9(11(8)2)13(16)17/h5-6H,3-4H2,1-2H3/b12-6+. The number of imidazole rings is 1. The second-order valence-corrected chi connectivity index (χ2v) is 3.40. The topological polar surface area (TPSA) is 113 Å². The van der Waals surface area contributed by atoms with E-state index in [1.807, 2.05) is 0 Å². The lowest BCUT2D eigenvalue weighted by Crippen LogP contribution is -2.16. The SMILES string of the molecule is CC(=O)OCC/[N+]([O-])=C\c1ncc([N+](=O)[O-])n1C. The number of rotatable bonds is 5. The van der Waals surface area contributed by atoms with Gasteiger partial charge in [-0.3, -0.25) is 4.79 Å². The van der Waals surface area contributed by atoms with Crippen molar-refractivity contribution in [3.63, 3.8) is 0 Å². The highest BCUT2D eigenvalue weighted by atomic mass is 16.6. The van der Waals surface area contributed by atoms with Crippen molar-refractivity contribution in [2.24, 2.45) is 7.05 Å². The van der Waals surface area contributed by atoms with Crippen molar-refractivity contribution in [3.8, 4) is 0 Å². The third-order valence-electron chi connectivity index (χ3n) is 2.06. The van der Waals surface area contributed by atoms with Gasteiger partial charge in [0, 0.05) is 6.92 Å². The van der Waals surface area contributed by atoms with Crippen molar-refractivity contribution in [1.82, 2.24) is 9.55 Å². The van der Waals surface area contributed by atoms with Crippen LogP contribution in [0.3, 0.4) is 0 Å². The Hall–Kier alpha value is -2.45. The molecule has 1 aromatic heterocycles. The molecule has 0 saturated heterocycles. The minimum Gasteiger partial charge on any atom is -0.624 e. The molecule has 0 saturated carbocycles. The largest absolute Gasteiger partial charge is 0.624 e. The van der Waals surface area contributed by atoms with Gasteiger partial charge in [-0.25, -0.2) is 14.3 Å². The number of carbonyl (C=O) groups excluding carboxylic acids is 1. The van der Waals surface area contributed by atoms with Crippen LogP contribution in [-0.4, -0.2) is 44.5 Å². The quantitative estimate of drug-likeness (QED) is 0.180. The van der Waals surface area contributed by atoms with Crippen molar-refractivity contribution < 1.29 is 19.2 Å². The van der Waals surface area contributed by atoms with Gasteiger partial charge in [-0.15, -0.1) is 0 Å². The van der Waals surface area contributed by atoms with Gasteiger partial charge in [0.1, 0.15) is 6.20 Å². The van der Waals surface area contributed by atoms with Crippen LogP contribution in [0.2, 0.25) is 0 Å². The monoisotopic (exact) mass is 256 g/mol. The summed E-state index contributed by atoms with van der Waals surface area (Å²) in [6, 6.07) is 0. The Morgan fingerprint density at radius 2 is 2.28 bits per heavy atom. The van der Waals surface area contributed by atoms with E-state index in [9.17, 15) is 20.1 Å². The van der Waals surface area contributed by atoms with Crippen LogP contribution in [0, 0.1) is 15.3 Å². The van der Waals surface area contributed by atoms with Crippen LogP contribution < -0.4 is 0 Å². The van der Waals surface area contributed by atoms with E-state index in [0.717, 1.165) is 12.4 Å². The van der Waals surface area contributed by atoms with Crippen molar-refractivity contribution in [2.75, 3.05) is 13.2 Å². The summed E-state index contributed by atoms with van der Waals surface area (Å²) in [5.74, 6) is -0.537. The van der Waals surface area contributed by atoms with Gasteiger partial charge in [0.2, 0.25) is 6.21 Å². The molecule has 0 fully saturated rings. The lowest BCUT2D eigenvalue weighted by atomic mass is 10.6. The van der Waals surface area contributed by atoms with Crippen molar-refractivity contribution in [3.05, 3.63) is 27.3 Å². The molecule has 0 aliphatic rings. The molecule has 0 bridgehead atoms. The zero-order chi connectivity index (χ0) is 13.7. The van der Waals surface area contributed by atoms with Gasteiger partial charge in [0.25, 0.3) is 5.82 Å². The average Bonchev–Trinajstić information content (AvgIpc) is 2.60. The van der Waals surface area contributed by atoms with Crippen LogP contribution in [0.25, 0.3) is 0 Å². The Kier molecular flexibility index (Phi) is 4.35. The molecule has 0 aliphatic heterocycles. The number of nitro groups is 1. The first-order valence-electron chi connectivity index (χ1n) is 5.00. The van der Waals surface area contributed by atoms with E-state index in [0.29, 0.717) is 4.74 Å². The second-order valence-electron chi connectivity index (χ2n) is 3.40. The Labute approximate surface area is 102 Å². The molecular formula is C9H12N4O5. The molecule has 9 nitrogen and oxygen atoms in total. The summed E-state index contributed by atoms with van der Waals surface area (Å²) in [6.45, 7) is 1.11. The minimum absolute atomic E-state index is 0.0537.